The van der Waals surface area contributed by atoms with Gasteiger partial charge in [0.15, 0.2) is 9.84 Å². The molecule has 2 aromatic carbocycles. The lowest BCUT2D eigenvalue weighted by Gasteiger charge is -2.43. The number of carbonyl (C=O) groups excluding carboxylic acids is 2. The summed E-state index contributed by atoms with van der Waals surface area (Å²) in [4.78, 5) is 28.1. The molecule has 0 bridgehead atoms. The Bertz CT molecular complexity index is 1560. The molecule has 2 amide bonds. The maximum atomic E-state index is 14.9. The van der Waals surface area contributed by atoms with Crippen molar-refractivity contribution in [3.63, 3.8) is 0 Å². The summed E-state index contributed by atoms with van der Waals surface area (Å²) >= 11 is 5.94. The highest BCUT2D eigenvalue weighted by atomic mass is 35.5. The van der Waals surface area contributed by atoms with E-state index in [9.17, 15) is 48.7 Å². The molecule has 0 radical (unpaired) electrons. The van der Waals surface area contributed by atoms with Gasteiger partial charge in [0.2, 0.25) is 11.8 Å². The summed E-state index contributed by atoms with van der Waals surface area (Å²) in [5.74, 6) is -1.80. The first-order valence-electron chi connectivity index (χ1n) is 13.5. The molecule has 16 heteroatoms. The Balaban J connectivity index is 1.62. The molecule has 0 spiro atoms. The van der Waals surface area contributed by atoms with Gasteiger partial charge in [0.1, 0.15) is 17.1 Å². The van der Waals surface area contributed by atoms with Gasteiger partial charge in [0.05, 0.1) is 10.9 Å². The van der Waals surface area contributed by atoms with Gasteiger partial charge in [0.25, 0.3) is 0 Å². The Morgan fingerprint density at radius 3 is 2.07 bits per heavy atom. The highest BCUT2D eigenvalue weighted by Crippen LogP contribution is 2.57. The zero-order valence-electron chi connectivity index (χ0n) is 23.0. The average Bonchev–Trinajstić information content (AvgIpc) is 3.37. The number of halogens is 8. The lowest BCUT2D eigenvalue weighted by atomic mass is 9.84. The molecule has 2 fully saturated rings. The number of benzene rings is 2. The zero-order chi connectivity index (χ0) is 32.5. The first kappa shape index (κ1) is 32.3. The molecule has 0 saturated carbocycles. The minimum Gasteiger partial charge on any atom is -0.491 e. The Morgan fingerprint density at radius 2 is 1.52 bits per heavy atom. The van der Waals surface area contributed by atoms with Crippen molar-refractivity contribution in [2.45, 2.75) is 59.9 Å². The van der Waals surface area contributed by atoms with Gasteiger partial charge >= 0.3 is 18.0 Å². The molecular formula is C28H26ClF7N2O5S. The highest BCUT2D eigenvalue weighted by molar-refractivity contribution is 7.92. The second kappa shape index (κ2) is 10.8. The molecule has 3 aliphatic rings. The summed E-state index contributed by atoms with van der Waals surface area (Å²) in [5, 5.41) is 0.203. The fraction of sp³-hybridized carbons (Fsp3) is 0.500. The van der Waals surface area contributed by atoms with Gasteiger partial charge in [-0.2, -0.15) is 26.3 Å². The summed E-state index contributed by atoms with van der Waals surface area (Å²) < 4.78 is 128. The number of carbonyl (C=O) groups is 2. The molecule has 2 atom stereocenters. The predicted octanol–water partition coefficient (Wildman–Crippen LogP) is 5.55. The standard InChI is InChI=1S/C28H26ClF7N2O5S/c1-16(39)37-11-8-17(9-12-37)24(40)38-13-10-25(44(41,42)20-5-3-19(29)4-6-20)21-7-2-18(14-22(21)43-15-23(25)38)26(30,27(31,32)33)28(34,35)36/h2-7,14,17,23H,8-13,15H2,1H3. The maximum absolute atomic E-state index is 14.9. The lowest BCUT2D eigenvalue weighted by molar-refractivity contribution is -0.348. The molecule has 3 aliphatic heterocycles. The van der Waals surface area contributed by atoms with Crippen LogP contribution in [0.15, 0.2) is 47.4 Å². The molecule has 0 aliphatic carbocycles. The summed E-state index contributed by atoms with van der Waals surface area (Å²) in [7, 11) is -4.54. The van der Waals surface area contributed by atoms with Crippen LogP contribution in [-0.2, 0) is 29.8 Å². The van der Waals surface area contributed by atoms with E-state index in [-0.39, 0.29) is 46.5 Å². The van der Waals surface area contributed by atoms with Crippen LogP contribution in [0.25, 0.3) is 0 Å². The number of sulfone groups is 1. The van der Waals surface area contributed by atoms with Crippen molar-refractivity contribution in [3.05, 3.63) is 58.6 Å². The monoisotopic (exact) mass is 670 g/mol. The molecule has 240 valence electrons. The number of rotatable bonds is 4. The maximum Gasteiger partial charge on any atom is 0.435 e. The van der Waals surface area contributed by atoms with Gasteiger partial charge in [-0.25, -0.2) is 12.8 Å². The van der Waals surface area contributed by atoms with Crippen LogP contribution in [0.3, 0.4) is 0 Å². The van der Waals surface area contributed by atoms with Crippen molar-refractivity contribution >= 4 is 33.3 Å². The van der Waals surface area contributed by atoms with E-state index in [2.05, 4.69) is 0 Å². The molecule has 44 heavy (non-hydrogen) atoms. The summed E-state index contributed by atoms with van der Waals surface area (Å²) in [6.45, 7) is 1.30. The van der Waals surface area contributed by atoms with Crippen LogP contribution >= 0.6 is 11.6 Å². The van der Waals surface area contributed by atoms with Crippen molar-refractivity contribution in [1.82, 2.24) is 9.80 Å². The van der Waals surface area contributed by atoms with Crippen molar-refractivity contribution in [1.29, 1.82) is 0 Å². The third-order valence-corrected chi connectivity index (χ3v) is 11.6. The van der Waals surface area contributed by atoms with E-state index < -0.39 is 68.4 Å². The number of hydrogen-bond acceptors (Lipinski definition) is 5. The minimum atomic E-state index is -6.39. The quantitative estimate of drug-likeness (QED) is 0.399. The van der Waals surface area contributed by atoms with E-state index in [4.69, 9.17) is 16.3 Å². The molecule has 2 unspecified atom stereocenters. The predicted molar refractivity (Wildman–Crippen MR) is 142 cm³/mol. The van der Waals surface area contributed by atoms with E-state index in [1.807, 2.05) is 0 Å². The molecule has 0 N–H and O–H groups in total. The third-order valence-electron chi connectivity index (χ3n) is 8.83. The van der Waals surface area contributed by atoms with Gasteiger partial charge in [-0.05, 0) is 49.6 Å². The number of hydrogen-bond donors (Lipinski definition) is 0. The van der Waals surface area contributed by atoms with Gasteiger partial charge in [-0.1, -0.05) is 23.7 Å². The van der Waals surface area contributed by atoms with Crippen LogP contribution in [0.4, 0.5) is 30.7 Å². The average molecular weight is 671 g/mol. The normalized spacial score (nSPS) is 23.2. The van der Waals surface area contributed by atoms with Gasteiger partial charge in [-0.3, -0.25) is 9.59 Å². The number of nitrogens with zero attached hydrogens (tertiary/aromatic N) is 2. The molecular weight excluding hydrogens is 645 g/mol. The molecule has 5 rings (SSSR count). The Labute approximate surface area is 252 Å². The largest absolute Gasteiger partial charge is 0.491 e. The number of amides is 2. The second-order valence-corrected chi connectivity index (χ2v) is 13.7. The molecule has 2 aromatic rings. The van der Waals surface area contributed by atoms with Gasteiger partial charge in [0, 0.05) is 48.6 Å². The van der Waals surface area contributed by atoms with Crippen LogP contribution < -0.4 is 4.74 Å². The Kier molecular flexibility index (Phi) is 7.92. The second-order valence-electron chi connectivity index (χ2n) is 11.1. The lowest BCUT2D eigenvalue weighted by Crippen LogP contribution is -2.56. The number of piperidine rings is 1. The van der Waals surface area contributed by atoms with Crippen LogP contribution in [-0.4, -0.2) is 74.7 Å². The smallest absolute Gasteiger partial charge is 0.435 e. The summed E-state index contributed by atoms with van der Waals surface area (Å²) in [6, 6.07) is 4.97. The third kappa shape index (κ3) is 4.81. The van der Waals surface area contributed by atoms with Crippen molar-refractivity contribution in [2.75, 3.05) is 26.2 Å². The highest BCUT2D eigenvalue weighted by Gasteiger charge is 2.74. The Hall–Kier alpha value is -3.07. The van der Waals surface area contributed by atoms with Crippen LogP contribution in [0.2, 0.25) is 5.02 Å². The number of alkyl halides is 7. The van der Waals surface area contributed by atoms with E-state index in [1.54, 1.807) is 4.90 Å². The molecule has 2 saturated heterocycles. The molecule has 0 aromatic heterocycles. The van der Waals surface area contributed by atoms with Crippen LogP contribution in [0.1, 0.15) is 37.3 Å². The van der Waals surface area contributed by atoms with Crippen LogP contribution in [0.5, 0.6) is 5.75 Å². The zero-order valence-corrected chi connectivity index (χ0v) is 24.6. The molecule has 7 nitrogen and oxygen atoms in total. The van der Waals surface area contributed by atoms with Gasteiger partial charge in [-0.15, -0.1) is 0 Å². The van der Waals surface area contributed by atoms with Crippen molar-refractivity contribution in [3.8, 4) is 5.75 Å². The molecule has 3 heterocycles. The van der Waals surface area contributed by atoms with Crippen LogP contribution in [0, 0.1) is 5.92 Å². The van der Waals surface area contributed by atoms with Crippen molar-refractivity contribution in [2.24, 2.45) is 5.92 Å². The summed E-state index contributed by atoms with van der Waals surface area (Å²) in [6.07, 6.45) is -12.4. The van der Waals surface area contributed by atoms with E-state index in [0.717, 1.165) is 0 Å². The van der Waals surface area contributed by atoms with E-state index in [1.165, 1.54) is 36.1 Å². The van der Waals surface area contributed by atoms with Gasteiger partial charge < -0.3 is 14.5 Å². The Morgan fingerprint density at radius 1 is 0.932 bits per heavy atom. The minimum absolute atomic E-state index is 0.119. The first-order chi connectivity index (χ1) is 20.4. The van der Waals surface area contributed by atoms with E-state index in [0.29, 0.717) is 32.0 Å². The topological polar surface area (TPSA) is 84.0 Å². The summed E-state index contributed by atoms with van der Waals surface area (Å²) in [5.41, 5.74) is -7.87. The SMILES string of the molecule is CC(=O)N1CCC(C(=O)N2CCC3(S(=O)(=O)c4ccc(Cl)cc4)c4ccc(C(F)(C(F)(F)F)C(F)(F)F)cc4OCC23)CC1. The van der Waals surface area contributed by atoms with E-state index >= 15 is 0 Å². The fourth-order valence-electron chi connectivity index (χ4n) is 6.48. The number of likely N-dealkylation sites (tertiary alicyclic amines) is 2. The fourth-order valence-corrected chi connectivity index (χ4v) is 8.90. The van der Waals surface area contributed by atoms with Crippen molar-refractivity contribution < 1.29 is 53.5 Å². The number of fused-ring (bicyclic) bond motifs is 3. The first-order valence-corrected chi connectivity index (χ1v) is 15.4. The number of ether oxygens (including phenoxy) is 1.